The first-order chi connectivity index (χ1) is 13.4. The number of rotatable bonds is 17. The molecule has 4 nitrogen and oxygen atoms in total. The Hall–Kier alpha value is -0.940. The highest BCUT2D eigenvalue weighted by Gasteiger charge is 2.11. The van der Waals surface area contributed by atoms with Crippen molar-refractivity contribution in [1.29, 1.82) is 0 Å². The average Bonchev–Trinajstić information content (AvgIpc) is 2.65. The molecule has 6 heteroatoms. The highest BCUT2D eigenvalue weighted by atomic mass is 35.5. The number of anilines is 1. The lowest BCUT2D eigenvalue weighted by molar-refractivity contribution is 0.537. The minimum absolute atomic E-state index is 0.123. The Morgan fingerprint density at radius 3 is 1.75 bits per heavy atom. The molecule has 0 saturated carbocycles. The third-order valence-corrected chi connectivity index (χ3v) is 6.71. The van der Waals surface area contributed by atoms with Crippen LogP contribution in [0, 0.1) is 0 Å². The molecule has 1 radical (unpaired) electrons. The molecule has 0 bridgehead atoms. The maximum atomic E-state index is 12.1. The summed E-state index contributed by atoms with van der Waals surface area (Å²) in [7, 11) is -3.36. The molecule has 0 aliphatic rings. The Bertz CT molecular complexity index is 635. The summed E-state index contributed by atoms with van der Waals surface area (Å²) in [4.78, 5) is 0. The zero-order valence-electron chi connectivity index (χ0n) is 17.4. The van der Waals surface area contributed by atoms with Crippen LogP contribution in [0.15, 0.2) is 18.2 Å². The molecule has 0 atom stereocenters. The van der Waals surface area contributed by atoms with Gasteiger partial charge in [0.25, 0.3) is 0 Å². The van der Waals surface area contributed by atoms with E-state index in [4.69, 9.17) is 17.3 Å². The lowest BCUT2D eigenvalue weighted by atomic mass is 10.0. The molecule has 0 aliphatic carbocycles. The second-order valence-electron chi connectivity index (χ2n) is 7.71. The predicted molar refractivity (Wildman–Crippen MR) is 122 cm³/mol. The second-order valence-corrected chi connectivity index (χ2v) is 9.96. The molecule has 0 spiro atoms. The Kier molecular flexibility index (Phi) is 13.4. The van der Waals surface area contributed by atoms with Crippen LogP contribution >= 0.6 is 11.6 Å². The summed E-state index contributed by atoms with van der Waals surface area (Å²) in [5.74, 6) is 0.126. The van der Waals surface area contributed by atoms with Crippen LogP contribution in [-0.2, 0) is 10.0 Å². The zero-order valence-corrected chi connectivity index (χ0v) is 19.0. The predicted octanol–water partition coefficient (Wildman–Crippen LogP) is 7.48. The van der Waals surface area contributed by atoms with Crippen molar-refractivity contribution in [3.63, 3.8) is 0 Å². The van der Waals surface area contributed by atoms with E-state index >= 15 is 0 Å². The van der Waals surface area contributed by atoms with Gasteiger partial charge in [-0.1, -0.05) is 102 Å². The monoisotopic (exact) mass is 429 g/mol. The van der Waals surface area contributed by atoms with Crippen molar-refractivity contribution < 1.29 is 8.42 Å². The molecule has 0 aromatic heterocycles. The van der Waals surface area contributed by atoms with E-state index in [1.807, 2.05) is 0 Å². The van der Waals surface area contributed by atoms with Crippen LogP contribution in [0.4, 0.5) is 11.4 Å². The van der Waals surface area contributed by atoms with Crippen LogP contribution < -0.4 is 10.5 Å². The Labute approximate surface area is 177 Å². The minimum Gasteiger partial charge on any atom is -0.299 e. The highest BCUT2D eigenvalue weighted by Crippen LogP contribution is 2.24. The molecular weight excluding hydrogens is 392 g/mol. The van der Waals surface area contributed by atoms with E-state index in [1.54, 1.807) is 6.07 Å². The number of sulfonamides is 1. The molecule has 1 aromatic rings. The van der Waals surface area contributed by atoms with E-state index in [2.05, 4.69) is 11.6 Å². The van der Waals surface area contributed by atoms with E-state index in [9.17, 15) is 8.42 Å². The van der Waals surface area contributed by atoms with Gasteiger partial charge in [0, 0.05) is 0 Å². The van der Waals surface area contributed by atoms with E-state index in [1.165, 1.54) is 82.8 Å². The number of hydrogen-bond acceptors (Lipinski definition) is 2. The van der Waals surface area contributed by atoms with Crippen molar-refractivity contribution >= 4 is 33.0 Å². The summed E-state index contributed by atoms with van der Waals surface area (Å²) >= 11 is 5.79. The number of nitrogens with one attached hydrogen (secondary N) is 2. The lowest BCUT2D eigenvalue weighted by Crippen LogP contribution is -2.16. The van der Waals surface area contributed by atoms with Crippen LogP contribution in [-0.4, -0.2) is 14.2 Å². The third-order valence-electron chi connectivity index (χ3n) is 5.01. The summed E-state index contributed by atoms with van der Waals surface area (Å²) in [6, 6.07) is 4.56. The van der Waals surface area contributed by atoms with Crippen molar-refractivity contribution in [2.24, 2.45) is 0 Å². The molecule has 0 heterocycles. The van der Waals surface area contributed by atoms with Gasteiger partial charge in [-0.3, -0.25) is 10.5 Å². The number of unbranched alkanes of at least 4 members (excludes halogenated alkanes) is 13. The van der Waals surface area contributed by atoms with Crippen molar-refractivity contribution in [3.8, 4) is 0 Å². The number of benzene rings is 1. The summed E-state index contributed by atoms with van der Waals surface area (Å²) < 4.78 is 26.7. The van der Waals surface area contributed by atoms with Gasteiger partial charge in [0.2, 0.25) is 10.0 Å². The molecule has 2 N–H and O–H groups in total. The standard InChI is InChI=1S/C22H38ClN2O2S/c1-2-3-4-5-6-7-8-9-10-11-12-13-14-15-18-28(26,27)25-20-16-17-21(23)22(24)19-20/h16-17,19,24-25H,2-15,18H2,1H3. The molecule has 1 aromatic carbocycles. The fraction of sp³-hybridized carbons (Fsp3) is 0.727. The van der Waals surface area contributed by atoms with Gasteiger partial charge >= 0.3 is 0 Å². The summed E-state index contributed by atoms with van der Waals surface area (Å²) in [5, 5.41) is 0.315. The Morgan fingerprint density at radius 1 is 0.821 bits per heavy atom. The number of hydrogen-bond donors (Lipinski definition) is 1. The largest absolute Gasteiger partial charge is 0.299 e. The van der Waals surface area contributed by atoms with Gasteiger partial charge < -0.3 is 0 Å². The first-order valence-corrected chi connectivity index (χ1v) is 13.0. The average molecular weight is 430 g/mol. The smallest absolute Gasteiger partial charge is 0.232 e. The normalized spacial score (nSPS) is 11.6. The van der Waals surface area contributed by atoms with Crippen LogP contribution in [0.5, 0.6) is 0 Å². The van der Waals surface area contributed by atoms with E-state index in [0.29, 0.717) is 17.1 Å². The Morgan fingerprint density at radius 2 is 1.29 bits per heavy atom. The first kappa shape index (κ1) is 25.1. The van der Waals surface area contributed by atoms with Crippen LogP contribution in [0.3, 0.4) is 0 Å². The lowest BCUT2D eigenvalue weighted by Gasteiger charge is -2.09. The molecule has 1 rings (SSSR count). The zero-order chi connectivity index (χ0) is 20.7. The van der Waals surface area contributed by atoms with Crippen molar-refractivity contribution in [2.75, 3.05) is 10.5 Å². The van der Waals surface area contributed by atoms with E-state index in [0.717, 1.165) is 12.8 Å². The van der Waals surface area contributed by atoms with Gasteiger partial charge in [0.1, 0.15) is 0 Å². The molecule has 0 fully saturated rings. The van der Waals surface area contributed by atoms with Gasteiger partial charge in [-0.05, 0) is 24.6 Å². The summed E-state index contributed by atoms with van der Waals surface area (Å²) in [6.07, 6.45) is 17.4. The highest BCUT2D eigenvalue weighted by molar-refractivity contribution is 7.92. The molecular formula is C22H38ClN2O2S. The van der Waals surface area contributed by atoms with Gasteiger partial charge in [-0.2, -0.15) is 0 Å². The quantitative estimate of drug-likeness (QED) is 0.261. The fourth-order valence-electron chi connectivity index (χ4n) is 3.31. The third kappa shape index (κ3) is 12.5. The molecule has 161 valence electrons. The first-order valence-electron chi connectivity index (χ1n) is 11.0. The molecule has 28 heavy (non-hydrogen) atoms. The molecule has 0 saturated heterocycles. The van der Waals surface area contributed by atoms with Gasteiger partial charge in [0.05, 0.1) is 22.2 Å². The molecule has 0 amide bonds. The summed E-state index contributed by atoms with van der Waals surface area (Å²) in [5.41, 5.74) is 8.15. The van der Waals surface area contributed by atoms with Crippen molar-refractivity contribution in [1.82, 2.24) is 5.73 Å². The maximum absolute atomic E-state index is 12.1. The minimum atomic E-state index is -3.36. The van der Waals surface area contributed by atoms with Crippen LogP contribution in [0.1, 0.15) is 96.8 Å². The Balaban J connectivity index is 1.98. The maximum Gasteiger partial charge on any atom is 0.232 e. The SMILES string of the molecule is CCCCCCCCCCCCCCCCS(=O)(=O)Nc1ccc(Cl)c([NH])c1. The van der Waals surface area contributed by atoms with Crippen molar-refractivity contribution in [3.05, 3.63) is 23.2 Å². The van der Waals surface area contributed by atoms with Gasteiger partial charge in [0.15, 0.2) is 0 Å². The topological polar surface area (TPSA) is 70.0 Å². The van der Waals surface area contributed by atoms with Gasteiger partial charge in [-0.25, -0.2) is 8.42 Å². The van der Waals surface area contributed by atoms with Crippen LogP contribution in [0.25, 0.3) is 0 Å². The number of halogens is 1. The summed E-state index contributed by atoms with van der Waals surface area (Å²) in [6.45, 7) is 2.26. The second kappa shape index (κ2) is 15.0. The van der Waals surface area contributed by atoms with Crippen molar-refractivity contribution in [2.45, 2.75) is 96.8 Å². The molecule has 0 unspecified atom stereocenters. The fourth-order valence-corrected chi connectivity index (χ4v) is 4.60. The van der Waals surface area contributed by atoms with E-state index in [-0.39, 0.29) is 11.4 Å². The molecule has 0 aliphatic heterocycles. The van der Waals surface area contributed by atoms with Gasteiger partial charge in [-0.15, -0.1) is 0 Å². The van der Waals surface area contributed by atoms with Crippen LogP contribution in [0.2, 0.25) is 5.02 Å². The van der Waals surface area contributed by atoms with E-state index < -0.39 is 10.0 Å².